The lowest BCUT2D eigenvalue weighted by atomic mass is 10.1. The average molecular weight is 369 g/mol. The van der Waals surface area contributed by atoms with Crippen molar-refractivity contribution in [2.75, 3.05) is 11.9 Å². The summed E-state index contributed by atoms with van der Waals surface area (Å²) in [5.41, 5.74) is 3.21. The predicted molar refractivity (Wildman–Crippen MR) is 106 cm³/mol. The highest BCUT2D eigenvalue weighted by atomic mass is 16.5. The zero-order chi connectivity index (χ0) is 19.8. The first kappa shape index (κ1) is 20.5. The van der Waals surface area contributed by atoms with Gasteiger partial charge in [-0.3, -0.25) is 4.79 Å². The Morgan fingerprint density at radius 1 is 1.07 bits per heavy atom. The van der Waals surface area contributed by atoms with Gasteiger partial charge in [0.1, 0.15) is 5.75 Å². The van der Waals surface area contributed by atoms with Crippen LogP contribution >= 0.6 is 0 Å². The van der Waals surface area contributed by atoms with Crippen LogP contribution < -0.4 is 10.1 Å². The fourth-order valence-corrected chi connectivity index (χ4v) is 2.41. The van der Waals surface area contributed by atoms with Crippen LogP contribution in [-0.4, -0.2) is 24.6 Å². The van der Waals surface area contributed by atoms with Crippen LogP contribution in [-0.2, 0) is 9.53 Å². The van der Waals surface area contributed by atoms with E-state index in [9.17, 15) is 9.59 Å². The normalized spacial score (nSPS) is 11.6. The molecule has 1 N–H and O–H groups in total. The Labute approximate surface area is 160 Å². The van der Waals surface area contributed by atoms with E-state index in [0.29, 0.717) is 23.6 Å². The molecule has 1 atom stereocenters. The molecular formula is C22H27NO4. The molecule has 1 unspecified atom stereocenters. The molecule has 0 aromatic heterocycles. The number of benzene rings is 2. The smallest absolute Gasteiger partial charge is 0.338 e. The molecule has 0 heterocycles. The van der Waals surface area contributed by atoms with Gasteiger partial charge in [0.15, 0.2) is 6.10 Å². The number of ether oxygens (including phenoxy) is 2. The van der Waals surface area contributed by atoms with Crippen molar-refractivity contribution in [3.63, 3.8) is 0 Å². The van der Waals surface area contributed by atoms with Crippen molar-refractivity contribution in [1.82, 2.24) is 0 Å². The molecule has 2 aromatic carbocycles. The minimum Gasteiger partial charge on any atom is -0.481 e. The topological polar surface area (TPSA) is 64.6 Å². The van der Waals surface area contributed by atoms with Crippen molar-refractivity contribution < 1.29 is 19.1 Å². The van der Waals surface area contributed by atoms with E-state index in [1.807, 2.05) is 39.0 Å². The maximum atomic E-state index is 12.4. The molecule has 0 fully saturated rings. The molecule has 1 amide bonds. The van der Waals surface area contributed by atoms with Crippen LogP contribution in [0.2, 0.25) is 0 Å². The van der Waals surface area contributed by atoms with Crippen LogP contribution in [0.15, 0.2) is 42.5 Å². The van der Waals surface area contributed by atoms with Crippen LogP contribution in [0.5, 0.6) is 5.75 Å². The van der Waals surface area contributed by atoms with E-state index in [4.69, 9.17) is 9.47 Å². The Morgan fingerprint density at radius 2 is 1.85 bits per heavy atom. The van der Waals surface area contributed by atoms with Crippen LogP contribution in [0, 0.1) is 13.8 Å². The lowest BCUT2D eigenvalue weighted by Gasteiger charge is -2.16. The quantitative estimate of drug-likeness (QED) is 0.543. The summed E-state index contributed by atoms with van der Waals surface area (Å²) in [7, 11) is 0. The van der Waals surface area contributed by atoms with Gasteiger partial charge in [0, 0.05) is 5.69 Å². The average Bonchev–Trinajstić information content (AvgIpc) is 2.65. The maximum absolute atomic E-state index is 12.4. The third kappa shape index (κ3) is 6.13. The van der Waals surface area contributed by atoms with Crippen molar-refractivity contribution >= 4 is 17.6 Å². The van der Waals surface area contributed by atoms with E-state index in [1.165, 1.54) is 5.56 Å². The molecule has 27 heavy (non-hydrogen) atoms. The molecule has 0 saturated carbocycles. The standard InChI is InChI=1S/C22H27NO4/c1-5-6-12-26-22(25)18-8-7-9-19(14-18)23-21(24)17(4)27-20-11-10-15(2)16(3)13-20/h7-11,13-14,17H,5-6,12H2,1-4H3,(H,23,24). The van der Waals surface area contributed by atoms with Crippen molar-refractivity contribution in [3.05, 3.63) is 59.2 Å². The highest BCUT2D eigenvalue weighted by Crippen LogP contribution is 2.18. The van der Waals surface area contributed by atoms with Crippen molar-refractivity contribution in [1.29, 1.82) is 0 Å². The first-order valence-corrected chi connectivity index (χ1v) is 9.22. The second-order valence-electron chi connectivity index (χ2n) is 6.57. The number of hydrogen-bond acceptors (Lipinski definition) is 4. The minimum absolute atomic E-state index is 0.287. The van der Waals surface area contributed by atoms with E-state index in [1.54, 1.807) is 31.2 Å². The van der Waals surface area contributed by atoms with Crippen LogP contribution in [0.25, 0.3) is 0 Å². The van der Waals surface area contributed by atoms with Gasteiger partial charge >= 0.3 is 5.97 Å². The SMILES string of the molecule is CCCCOC(=O)c1cccc(NC(=O)C(C)Oc2ccc(C)c(C)c2)c1. The molecule has 0 aliphatic carbocycles. The Bertz CT molecular complexity index is 801. The van der Waals surface area contributed by atoms with Crippen LogP contribution in [0.4, 0.5) is 5.69 Å². The molecule has 5 nitrogen and oxygen atoms in total. The largest absolute Gasteiger partial charge is 0.481 e. The number of nitrogens with one attached hydrogen (secondary N) is 1. The van der Waals surface area contributed by atoms with E-state index < -0.39 is 6.10 Å². The van der Waals surface area contributed by atoms with Crippen molar-refractivity contribution in [2.24, 2.45) is 0 Å². The lowest BCUT2D eigenvalue weighted by molar-refractivity contribution is -0.122. The zero-order valence-electron chi connectivity index (χ0n) is 16.4. The van der Waals surface area contributed by atoms with Gasteiger partial charge in [0.2, 0.25) is 0 Å². The molecule has 0 saturated heterocycles. The lowest BCUT2D eigenvalue weighted by Crippen LogP contribution is -2.30. The summed E-state index contributed by atoms with van der Waals surface area (Å²) in [6.07, 6.45) is 1.12. The van der Waals surface area contributed by atoms with Crippen LogP contribution in [0.3, 0.4) is 0 Å². The van der Waals surface area contributed by atoms with E-state index in [0.717, 1.165) is 18.4 Å². The molecule has 0 bridgehead atoms. The highest BCUT2D eigenvalue weighted by molar-refractivity contribution is 5.96. The number of unbranched alkanes of at least 4 members (excludes halogenated alkanes) is 1. The summed E-state index contributed by atoms with van der Waals surface area (Å²) in [4.78, 5) is 24.4. The Morgan fingerprint density at radius 3 is 2.56 bits per heavy atom. The van der Waals surface area contributed by atoms with E-state index in [2.05, 4.69) is 5.32 Å². The summed E-state index contributed by atoms with van der Waals surface area (Å²) >= 11 is 0. The Kier molecular flexibility index (Phi) is 7.41. The molecule has 5 heteroatoms. The predicted octanol–water partition coefficient (Wildman–Crippen LogP) is 4.67. The molecular weight excluding hydrogens is 342 g/mol. The van der Waals surface area contributed by atoms with Gasteiger partial charge in [-0.15, -0.1) is 0 Å². The third-order valence-corrected chi connectivity index (χ3v) is 4.26. The molecule has 0 spiro atoms. The summed E-state index contributed by atoms with van der Waals surface area (Å²) in [6, 6.07) is 12.4. The van der Waals surface area contributed by atoms with E-state index >= 15 is 0 Å². The van der Waals surface area contributed by atoms with Gasteiger partial charge in [-0.2, -0.15) is 0 Å². The number of amides is 1. The second-order valence-corrected chi connectivity index (χ2v) is 6.57. The fraction of sp³-hybridized carbons (Fsp3) is 0.364. The summed E-state index contributed by atoms with van der Waals surface area (Å²) < 4.78 is 10.9. The van der Waals surface area contributed by atoms with Crippen LogP contribution in [0.1, 0.15) is 48.2 Å². The molecule has 2 rings (SSSR count). The van der Waals surface area contributed by atoms with Crippen molar-refractivity contribution in [3.8, 4) is 5.75 Å². The molecule has 0 aliphatic rings. The number of rotatable bonds is 8. The Balaban J connectivity index is 1.97. The number of hydrogen-bond donors (Lipinski definition) is 1. The fourth-order valence-electron chi connectivity index (χ4n) is 2.41. The summed E-state index contributed by atoms with van der Waals surface area (Å²) in [6.45, 7) is 8.14. The molecule has 144 valence electrons. The van der Waals surface area contributed by atoms with Gasteiger partial charge in [-0.05, 0) is 68.7 Å². The minimum atomic E-state index is -0.674. The van der Waals surface area contributed by atoms with Crippen molar-refractivity contribution in [2.45, 2.75) is 46.6 Å². The monoisotopic (exact) mass is 369 g/mol. The third-order valence-electron chi connectivity index (χ3n) is 4.26. The first-order chi connectivity index (χ1) is 12.9. The number of carbonyl (C=O) groups excluding carboxylic acids is 2. The highest BCUT2D eigenvalue weighted by Gasteiger charge is 2.16. The van der Waals surface area contributed by atoms with Gasteiger partial charge in [0.05, 0.1) is 12.2 Å². The van der Waals surface area contributed by atoms with Gasteiger partial charge < -0.3 is 14.8 Å². The second kappa shape index (κ2) is 9.76. The number of aryl methyl sites for hydroxylation is 2. The first-order valence-electron chi connectivity index (χ1n) is 9.22. The van der Waals surface area contributed by atoms with E-state index in [-0.39, 0.29) is 11.9 Å². The molecule has 0 radical (unpaired) electrons. The Hall–Kier alpha value is -2.82. The molecule has 0 aliphatic heterocycles. The van der Waals surface area contributed by atoms with Gasteiger partial charge in [-0.1, -0.05) is 25.5 Å². The maximum Gasteiger partial charge on any atom is 0.338 e. The van der Waals surface area contributed by atoms with Gasteiger partial charge in [0.25, 0.3) is 5.91 Å². The summed E-state index contributed by atoms with van der Waals surface area (Å²) in [5, 5.41) is 2.78. The number of carbonyl (C=O) groups is 2. The number of esters is 1. The molecule has 2 aromatic rings. The van der Waals surface area contributed by atoms with Gasteiger partial charge in [-0.25, -0.2) is 4.79 Å². The summed E-state index contributed by atoms with van der Waals surface area (Å²) in [5.74, 6) is -0.0299. The number of anilines is 1. The zero-order valence-corrected chi connectivity index (χ0v) is 16.4.